The van der Waals surface area contributed by atoms with Crippen molar-refractivity contribution < 1.29 is 19.1 Å². The van der Waals surface area contributed by atoms with Crippen molar-refractivity contribution in [2.45, 2.75) is 45.6 Å². The molecule has 10 heteroatoms. The highest BCUT2D eigenvalue weighted by Crippen LogP contribution is 2.39. The van der Waals surface area contributed by atoms with Gasteiger partial charge in [0.15, 0.2) is 0 Å². The summed E-state index contributed by atoms with van der Waals surface area (Å²) in [5, 5.41) is 7.70. The van der Waals surface area contributed by atoms with E-state index in [2.05, 4.69) is 10.4 Å². The Morgan fingerprint density at radius 1 is 1.16 bits per heavy atom. The van der Waals surface area contributed by atoms with Crippen molar-refractivity contribution in [3.63, 3.8) is 0 Å². The van der Waals surface area contributed by atoms with E-state index in [9.17, 15) is 14.4 Å². The predicted octanol–water partition coefficient (Wildman–Crippen LogP) is 3.23. The molecule has 2 aliphatic rings. The number of rotatable bonds is 3. The molecule has 200 valence electrons. The zero-order chi connectivity index (χ0) is 26.4. The van der Waals surface area contributed by atoms with Crippen molar-refractivity contribution >= 4 is 29.3 Å². The number of likely N-dealkylation sites (tertiary alicyclic amines) is 1. The standard InChI is InChI=1S/C27H36ClN5O4/c1-20(18-33-19-21(28)17-30-33)25(35)32-13-10-27(11-14-32)9-5-6-12-29-24(34)22-7-3-4-8-23(22)37-16-15-31(2)26(27)36/h3-4,7-8,17,19-20H,5-6,9-16,18H2,1-2H3,(H,29,34). The van der Waals surface area contributed by atoms with E-state index in [0.717, 1.165) is 19.3 Å². The van der Waals surface area contributed by atoms with Crippen molar-refractivity contribution in [1.82, 2.24) is 24.9 Å². The van der Waals surface area contributed by atoms with E-state index >= 15 is 0 Å². The number of aromatic nitrogens is 2. The van der Waals surface area contributed by atoms with Crippen LogP contribution in [0, 0.1) is 11.3 Å². The lowest BCUT2D eigenvalue weighted by atomic mass is 9.73. The number of carbonyl (C=O) groups excluding carboxylic acids is 3. The number of carbonyl (C=O) groups is 3. The molecule has 1 spiro atoms. The lowest BCUT2D eigenvalue weighted by molar-refractivity contribution is -0.149. The molecule has 37 heavy (non-hydrogen) atoms. The highest BCUT2D eigenvalue weighted by Gasteiger charge is 2.43. The van der Waals surface area contributed by atoms with Crippen molar-refractivity contribution in [2.24, 2.45) is 11.3 Å². The number of nitrogens with one attached hydrogen (secondary N) is 1. The highest BCUT2D eigenvalue weighted by atomic mass is 35.5. The number of ether oxygens (including phenoxy) is 1. The van der Waals surface area contributed by atoms with Gasteiger partial charge in [-0.1, -0.05) is 37.1 Å². The Hall–Kier alpha value is -3.07. The Morgan fingerprint density at radius 3 is 2.65 bits per heavy atom. The second-order valence-corrected chi connectivity index (χ2v) is 10.6. The van der Waals surface area contributed by atoms with Crippen molar-refractivity contribution in [2.75, 3.05) is 39.8 Å². The van der Waals surface area contributed by atoms with Gasteiger partial charge in [0.1, 0.15) is 12.4 Å². The number of fused-ring (bicyclic) bond motifs is 1. The van der Waals surface area contributed by atoms with Crippen molar-refractivity contribution in [1.29, 1.82) is 0 Å². The van der Waals surface area contributed by atoms with Gasteiger partial charge in [-0.15, -0.1) is 0 Å². The van der Waals surface area contributed by atoms with Gasteiger partial charge in [0.2, 0.25) is 11.8 Å². The molecule has 1 saturated heterocycles. The molecular weight excluding hydrogens is 494 g/mol. The molecule has 0 saturated carbocycles. The zero-order valence-corrected chi connectivity index (χ0v) is 22.4. The smallest absolute Gasteiger partial charge is 0.255 e. The van der Waals surface area contributed by atoms with Gasteiger partial charge >= 0.3 is 0 Å². The summed E-state index contributed by atoms with van der Waals surface area (Å²) in [6.45, 7) is 4.70. The Bertz CT molecular complexity index is 1110. The molecule has 9 nitrogen and oxygen atoms in total. The van der Waals surface area contributed by atoms with Crippen LogP contribution in [-0.4, -0.2) is 77.1 Å². The molecule has 1 unspecified atom stereocenters. The Kier molecular flexibility index (Phi) is 8.74. The third-order valence-corrected chi connectivity index (χ3v) is 7.70. The number of halogens is 1. The SMILES string of the molecule is CC(Cn1cc(Cl)cn1)C(=O)N1CCC2(CCCCNC(=O)c3ccccc3OCCN(C)C2=O)CC1. The average molecular weight is 530 g/mol. The monoisotopic (exact) mass is 529 g/mol. The van der Waals surface area contributed by atoms with Gasteiger partial charge in [-0.2, -0.15) is 5.10 Å². The molecule has 1 aromatic carbocycles. The second-order valence-electron chi connectivity index (χ2n) is 10.2. The van der Waals surface area contributed by atoms with Crippen LogP contribution >= 0.6 is 11.6 Å². The fraction of sp³-hybridized carbons (Fsp3) is 0.556. The number of para-hydroxylation sites is 1. The van der Waals surface area contributed by atoms with Crippen LogP contribution in [0.15, 0.2) is 36.7 Å². The highest BCUT2D eigenvalue weighted by molar-refractivity contribution is 6.30. The van der Waals surface area contributed by atoms with Crippen molar-refractivity contribution in [3.05, 3.63) is 47.2 Å². The minimum atomic E-state index is -0.518. The maximum absolute atomic E-state index is 13.7. The minimum Gasteiger partial charge on any atom is -0.491 e. The van der Waals surface area contributed by atoms with Gasteiger partial charge in [0.05, 0.1) is 41.2 Å². The molecule has 1 N–H and O–H groups in total. The quantitative estimate of drug-likeness (QED) is 0.658. The van der Waals surface area contributed by atoms with Gasteiger partial charge in [-0.05, 0) is 37.8 Å². The van der Waals surface area contributed by atoms with E-state index in [1.807, 2.05) is 31.0 Å². The van der Waals surface area contributed by atoms with E-state index in [0.29, 0.717) is 68.5 Å². The molecule has 3 amide bonds. The van der Waals surface area contributed by atoms with E-state index < -0.39 is 5.41 Å². The third kappa shape index (κ3) is 6.44. The lowest BCUT2D eigenvalue weighted by Gasteiger charge is -2.43. The normalized spacial score (nSPS) is 20.0. The van der Waals surface area contributed by atoms with Crippen LogP contribution in [0.3, 0.4) is 0 Å². The summed E-state index contributed by atoms with van der Waals surface area (Å²) >= 11 is 5.95. The van der Waals surface area contributed by atoms with Crippen molar-refractivity contribution in [3.8, 4) is 5.75 Å². The Labute approximate surface area is 223 Å². The van der Waals surface area contributed by atoms with Gasteiger partial charge in [-0.3, -0.25) is 19.1 Å². The molecule has 1 fully saturated rings. The summed E-state index contributed by atoms with van der Waals surface area (Å²) in [5.74, 6) is 0.307. The van der Waals surface area contributed by atoms with Crippen LogP contribution in [0.4, 0.5) is 0 Å². The van der Waals surface area contributed by atoms with Crippen LogP contribution in [-0.2, 0) is 16.1 Å². The van der Waals surface area contributed by atoms with E-state index in [4.69, 9.17) is 16.3 Å². The van der Waals surface area contributed by atoms with Gasteiger partial charge in [0, 0.05) is 32.9 Å². The molecule has 4 rings (SSSR count). The molecule has 0 bridgehead atoms. The van der Waals surface area contributed by atoms with Crippen LogP contribution in [0.1, 0.15) is 49.4 Å². The Morgan fingerprint density at radius 2 is 1.92 bits per heavy atom. The lowest BCUT2D eigenvalue weighted by Crippen LogP contribution is -2.52. The summed E-state index contributed by atoms with van der Waals surface area (Å²) in [6.07, 6.45) is 6.85. The van der Waals surface area contributed by atoms with Gasteiger partial charge in [0.25, 0.3) is 5.91 Å². The number of likely N-dealkylation sites (N-methyl/N-ethyl adjacent to an activating group) is 1. The average Bonchev–Trinajstić information content (AvgIpc) is 3.31. The van der Waals surface area contributed by atoms with E-state index in [-0.39, 0.29) is 23.6 Å². The third-order valence-electron chi connectivity index (χ3n) is 7.50. The number of hydrogen-bond acceptors (Lipinski definition) is 5. The number of benzene rings is 1. The number of hydrogen-bond donors (Lipinski definition) is 1. The summed E-state index contributed by atoms with van der Waals surface area (Å²) in [6, 6.07) is 7.17. The first-order valence-corrected chi connectivity index (χ1v) is 13.4. The van der Waals surface area contributed by atoms with E-state index in [1.165, 1.54) is 0 Å². The maximum atomic E-state index is 13.7. The van der Waals surface area contributed by atoms with E-state index in [1.54, 1.807) is 34.1 Å². The predicted molar refractivity (Wildman–Crippen MR) is 140 cm³/mol. The van der Waals surface area contributed by atoms with Crippen LogP contribution in [0.25, 0.3) is 0 Å². The molecule has 0 aliphatic carbocycles. The largest absolute Gasteiger partial charge is 0.491 e. The first-order chi connectivity index (χ1) is 17.8. The molecule has 1 aromatic heterocycles. The van der Waals surface area contributed by atoms with Crippen LogP contribution in [0.2, 0.25) is 5.02 Å². The zero-order valence-electron chi connectivity index (χ0n) is 21.6. The maximum Gasteiger partial charge on any atom is 0.255 e. The molecule has 2 aliphatic heterocycles. The summed E-state index contributed by atoms with van der Waals surface area (Å²) in [4.78, 5) is 43.1. The summed E-state index contributed by atoms with van der Waals surface area (Å²) < 4.78 is 7.59. The molecule has 1 atom stereocenters. The summed E-state index contributed by atoms with van der Waals surface area (Å²) in [5.41, 5.74) is -0.0111. The summed E-state index contributed by atoms with van der Waals surface area (Å²) in [7, 11) is 1.81. The fourth-order valence-corrected chi connectivity index (χ4v) is 5.46. The first-order valence-electron chi connectivity index (χ1n) is 13.0. The molecule has 2 aromatic rings. The molecule has 0 radical (unpaired) electrons. The topological polar surface area (TPSA) is 96.8 Å². The number of amides is 3. The second kappa shape index (κ2) is 12.0. The molecular formula is C27H36ClN5O4. The number of piperidine rings is 1. The van der Waals surface area contributed by atoms with Gasteiger partial charge < -0.3 is 19.9 Å². The van der Waals surface area contributed by atoms with Gasteiger partial charge in [-0.25, -0.2) is 0 Å². The Balaban J connectivity index is 1.40. The van der Waals surface area contributed by atoms with Crippen LogP contribution < -0.4 is 10.1 Å². The first kappa shape index (κ1) is 27.0. The van der Waals surface area contributed by atoms with Crippen LogP contribution in [0.5, 0.6) is 5.75 Å². The fourth-order valence-electron chi connectivity index (χ4n) is 5.30. The number of nitrogens with zero attached hydrogens (tertiary/aromatic N) is 4. The minimum absolute atomic E-state index is 0.0675. The molecule has 3 heterocycles.